The van der Waals surface area contributed by atoms with E-state index in [0.29, 0.717) is 30.6 Å². The molecule has 0 saturated carbocycles. The van der Waals surface area contributed by atoms with Gasteiger partial charge in [0.2, 0.25) is 5.89 Å². The molecule has 3 aromatic heterocycles. The molecule has 0 amide bonds. The van der Waals surface area contributed by atoms with Gasteiger partial charge in [-0.25, -0.2) is 0 Å². The lowest BCUT2D eigenvalue weighted by Gasteiger charge is -2.11. The fourth-order valence-corrected chi connectivity index (χ4v) is 2.87. The molecule has 0 aliphatic carbocycles. The fraction of sp³-hybridized carbons (Fsp3) is 0.158. The topological polar surface area (TPSA) is 68.4 Å². The Morgan fingerprint density at radius 2 is 1.77 bits per heavy atom. The van der Waals surface area contributed by atoms with Gasteiger partial charge in [0.15, 0.2) is 5.76 Å². The molecule has 1 aromatic carbocycles. The molecule has 4 rings (SSSR count). The lowest BCUT2D eigenvalue weighted by Crippen LogP contribution is -2.17. The third kappa shape index (κ3) is 3.79. The van der Waals surface area contributed by atoms with Gasteiger partial charge in [-0.3, -0.25) is 4.90 Å². The number of aromatic nitrogens is 2. The summed E-state index contributed by atoms with van der Waals surface area (Å²) in [6, 6.07) is 15.6. The molecule has 3 heterocycles. The molecule has 0 radical (unpaired) electrons. The number of hydrogen-bond donors (Lipinski definition) is 0. The van der Waals surface area contributed by atoms with Gasteiger partial charge >= 0.3 is 0 Å². The molecule has 0 aliphatic rings. The first-order valence-electron chi connectivity index (χ1n) is 8.07. The number of furan rings is 2. The van der Waals surface area contributed by atoms with Gasteiger partial charge in [0, 0.05) is 10.0 Å². The predicted octanol–water partition coefficient (Wildman–Crippen LogP) is 4.98. The number of hydrogen-bond acceptors (Lipinski definition) is 6. The van der Waals surface area contributed by atoms with E-state index < -0.39 is 0 Å². The standard InChI is InChI=1S/C19H16BrN3O3/c1-23(12-18-21-22-19(26-18)17-3-2-10-24-17)11-15-8-9-16(25-15)13-4-6-14(20)7-5-13/h2-10H,11-12H2,1H3. The van der Waals surface area contributed by atoms with Crippen molar-refractivity contribution in [3.63, 3.8) is 0 Å². The minimum absolute atomic E-state index is 0.383. The van der Waals surface area contributed by atoms with Crippen molar-refractivity contribution >= 4 is 15.9 Å². The van der Waals surface area contributed by atoms with Gasteiger partial charge < -0.3 is 13.3 Å². The normalized spacial score (nSPS) is 11.3. The second-order valence-corrected chi connectivity index (χ2v) is 6.84. The minimum Gasteiger partial charge on any atom is -0.460 e. The molecule has 0 bridgehead atoms. The zero-order valence-corrected chi connectivity index (χ0v) is 15.6. The molecule has 4 aromatic rings. The highest BCUT2D eigenvalue weighted by molar-refractivity contribution is 9.10. The van der Waals surface area contributed by atoms with E-state index in [4.69, 9.17) is 13.3 Å². The summed E-state index contributed by atoms with van der Waals surface area (Å²) in [7, 11) is 1.97. The monoisotopic (exact) mass is 413 g/mol. The SMILES string of the molecule is CN(Cc1ccc(-c2ccc(Br)cc2)o1)Cc1nnc(-c2ccco2)o1. The van der Waals surface area contributed by atoms with E-state index in [9.17, 15) is 0 Å². The molecule has 0 atom stereocenters. The average molecular weight is 414 g/mol. The third-order valence-corrected chi connectivity index (χ3v) is 4.35. The Morgan fingerprint density at radius 1 is 0.923 bits per heavy atom. The molecule has 0 spiro atoms. The first kappa shape index (κ1) is 16.8. The Balaban J connectivity index is 1.39. The van der Waals surface area contributed by atoms with Crippen LogP contribution in [0.4, 0.5) is 0 Å². The summed E-state index contributed by atoms with van der Waals surface area (Å²) < 4.78 is 17.9. The summed E-state index contributed by atoms with van der Waals surface area (Å²) in [6.07, 6.45) is 1.57. The smallest absolute Gasteiger partial charge is 0.283 e. The zero-order valence-electron chi connectivity index (χ0n) is 14.1. The van der Waals surface area contributed by atoms with Gasteiger partial charge in [0.05, 0.1) is 19.4 Å². The van der Waals surface area contributed by atoms with Crippen LogP contribution in [-0.4, -0.2) is 22.1 Å². The van der Waals surface area contributed by atoms with E-state index in [0.717, 1.165) is 21.6 Å². The van der Waals surface area contributed by atoms with Crippen molar-refractivity contribution in [2.75, 3.05) is 7.05 Å². The van der Waals surface area contributed by atoms with Gasteiger partial charge in [-0.1, -0.05) is 28.1 Å². The van der Waals surface area contributed by atoms with Crippen LogP contribution >= 0.6 is 15.9 Å². The van der Waals surface area contributed by atoms with Gasteiger partial charge in [0.25, 0.3) is 5.89 Å². The minimum atomic E-state index is 0.383. The van der Waals surface area contributed by atoms with E-state index in [1.807, 2.05) is 48.3 Å². The first-order chi connectivity index (χ1) is 12.7. The summed E-state index contributed by atoms with van der Waals surface area (Å²) in [5.41, 5.74) is 1.04. The Morgan fingerprint density at radius 3 is 2.54 bits per heavy atom. The summed E-state index contributed by atoms with van der Waals surface area (Å²) >= 11 is 3.44. The lowest BCUT2D eigenvalue weighted by molar-refractivity contribution is 0.261. The Labute approximate surface area is 158 Å². The predicted molar refractivity (Wildman–Crippen MR) is 99.0 cm³/mol. The average Bonchev–Trinajstić information content (AvgIpc) is 3.36. The number of rotatable bonds is 6. The van der Waals surface area contributed by atoms with E-state index >= 15 is 0 Å². The summed E-state index contributed by atoms with van der Waals surface area (Å²) in [6.45, 7) is 1.15. The maximum absolute atomic E-state index is 5.94. The van der Waals surface area contributed by atoms with Crippen LogP contribution in [0.15, 0.2) is 72.5 Å². The van der Waals surface area contributed by atoms with Crippen molar-refractivity contribution in [1.82, 2.24) is 15.1 Å². The van der Waals surface area contributed by atoms with E-state index in [2.05, 4.69) is 26.1 Å². The molecule has 6 nitrogen and oxygen atoms in total. The summed E-state index contributed by atoms with van der Waals surface area (Å²) in [5, 5.41) is 8.07. The van der Waals surface area contributed by atoms with Crippen LogP contribution in [0.5, 0.6) is 0 Å². The number of nitrogens with zero attached hydrogens (tertiary/aromatic N) is 3. The Kier molecular flexibility index (Phi) is 4.73. The Hall–Kier alpha value is -2.64. The van der Waals surface area contributed by atoms with Gasteiger partial charge in [-0.15, -0.1) is 10.2 Å². The summed E-state index contributed by atoms with van der Waals surface area (Å²) in [5.74, 6) is 3.19. The quantitative estimate of drug-likeness (QED) is 0.443. The lowest BCUT2D eigenvalue weighted by atomic mass is 10.2. The van der Waals surface area contributed by atoms with Gasteiger partial charge in [-0.2, -0.15) is 0 Å². The molecule has 0 saturated heterocycles. The molecule has 7 heteroatoms. The van der Waals surface area contributed by atoms with Crippen LogP contribution in [0.3, 0.4) is 0 Å². The second-order valence-electron chi connectivity index (χ2n) is 5.92. The third-order valence-electron chi connectivity index (χ3n) is 3.82. The first-order valence-corrected chi connectivity index (χ1v) is 8.86. The summed E-state index contributed by atoms with van der Waals surface area (Å²) in [4.78, 5) is 2.05. The van der Waals surface area contributed by atoms with Crippen molar-refractivity contribution in [3.8, 4) is 23.0 Å². The highest BCUT2D eigenvalue weighted by Crippen LogP contribution is 2.25. The van der Waals surface area contributed by atoms with E-state index in [-0.39, 0.29) is 0 Å². The Bertz CT molecular complexity index is 974. The largest absolute Gasteiger partial charge is 0.460 e. The van der Waals surface area contributed by atoms with Crippen molar-refractivity contribution in [1.29, 1.82) is 0 Å². The van der Waals surface area contributed by atoms with Crippen LogP contribution in [-0.2, 0) is 13.1 Å². The maximum Gasteiger partial charge on any atom is 0.283 e. The van der Waals surface area contributed by atoms with Crippen LogP contribution in [0, 0.1) is 0 Å². The van der Waals surface area contributed by atoms with E-state index in [1.165, 1.54) is 0 Å². The molecule has 132 valence electrons. The van der Waals surface area contributed by atoms with Crippen molar-refractivity contribution in [2.45, 2.75) is 13.1 Å². The van der Waals surface area contributed by atoms with E-state index in [1.54, 1.807) is 18.4 Å². The van der Waals surface area contributed by atoms with Crippen LogP contribution in [0.25, 0.3) is 23.0 Å². The maximum atomic E-state index is 5.94. The fourth-order valence-electron chi connectivity index (χ4n) is 2.60. The molecular weight excluding hydrogens is 398 g/mol. The zero-order chi connectivity index (χ0) is 17.9. The molecule has 26 heavy (non-hydrogen) atoms. The van der Waals surface area contributed by atoms with Crippen LogP contribution < -0.4 is 0 Å². The molecule has 0 N–H and O–H groups in total. The van der Waals surface area contributed by atoms with Gasteiger partial charge in [0.1, 0.15) is 11.5 Å². The van der Waals surface area contributed by atoms with Crippen LogP contribution in [0.1, 0.15) is 11.7 Å². The second kappa shape index (κ2) is 7.31. The molecular formula is C19H16BrN3O3. The molecule has 0 aliphatic heterocycles. The van der Waals surface area contributed by atoms with Crippen molar-refractivity contribution in [2.24, 2.45) is 0 Å². The van der Waals surface area contributed by atoms with Crippen molar-refractivity contribution in [3.05, 3.63) is 70.9 Å². The van der Waals surface area contributed by atoms with Crippen LogP contribution in [0.2, 0.25) is 0 Å². The van der Waals surface area contributed by atoms with Crippen molar-refractivity contribution < 1.29 is 13.3 Å². The highest BCUT2D eigenvalue weighted by Gasteiger charge is 2.14. The molecule has 0 unspecified atom stereocenters. The molecule has 0 fully saturated rings. The number of halogens is 1. The highest BCUT2D eigenvalue weighted by atomic mass is 79.9. The van der Waals surface area contributed by atoms with Gasteiger partial charge in [-0.05, 0) is 43.4 Å². The number of benzene rings is 1.